The van der Waals surface area contributed by atoms with E-state index in [0.717, 1.165) is 22.3 Å². The molecule has 202 valence electrons. The number of ether oxygens (including phenoxy) is 2. The molecule has 1 aromatic heterocycles. The molecule has 39 heavy (non-hydrogen) atoms. The van der Waals surface area contributed by atoms with E-state index >= 15 is 0 Å². The number of aliphatic hydroxyl groups is 1. The van der Waals surface area contributed by atoms with Crippen molar-refractivity contribution < 1.29 is 19.4 Å². The fraction of sp³-hybridized carbons (Fsp3) is 0.286. The second-order valence-corrected chi connectivity index (χ2v) is 10.1. The topological polar surface area (TPSA) is 123 Å². The fourth-order valence-electron chi connectivity index (χ4n) is 4.21. The highest BCUT2D eigenvalue weighted by Crippen LogP contribution is 2.39. The second kappa shape index (κ2) is 12.9. The molecule has 1 saturated heterocycles. The van der Waals surface area contributed by atoms with Crippen LogP contribution in [0.5, 0.6) is 0 Å². The highest BCUT2D eigenvalue weighted by atomic mass is 32.2. The van der Waals surface area contributed by atoms with Crippen LogP contribution in [0, 0.1) is 0 Å². The van der Waals surface area contributed by atoms with E-state index in [1.807, 2.05) is 78.9 Å². The standard InChI is InChI=1S/C28H30N6O4S/c1-34-28(31-32-33-34)39-18-24-15-25(21-9-7-20(17-35)8-10-21)38-26(37-24)22-11-13-23(14-12-22)30-27(36)29-16-19-5-3-2-4-6-19/h2-14,24-26,35H,15-18H2,1H3,(H2,29,30,36). The van der Waals surface area contributed by atoms with Gasteiger partial charge in [-0.15, -0.1) is 5.10 Å². The summed E-state index contributed by atoms with van der Waals surface area (Å²) in [6.07, 6.45) is -0.240. The Labute approximate surface area is 230 Å². The van der Waals surface area contributed by atoms with E-state index in [1.165, 1.54) is 11.8 Å². The normalized spacial score (nSPS) is 19.0. The van der Waals surface area contributed by atoms with Gasteiger partial charge in [0.2, 0.25) is 5.16 Å². The van der Waals surface area contributed by atoms with Crippen molar-refractivity contribution in [2.24, 2.45) is 7.05 Å². The van der Waals surface area contributed by atoms with Crippen LogP contribution in [0.3, 0.4) is 0 Å². The van der Waals surface area contributed by atoms with Gasteiger partial charge in [-0.1, -0.05) is 78.5 Å². The van der Waals surface area contributed by atoms with Crippen LogP contribution < -0.4 is 10.6 Å². The van der Waals surface area contributed by atoms with Crippen LogP contribution in [0.25, 0.3) is 0 Å². The Morgan fingerprint density at radius 2 is 1.74 bits per heavy atom. The second-order valence-electron chi connectivity index (χ2n) is 9.16. The Hall–Kier alpha value is -3.77. The van der Waals surface area contributed by atoms with Crippen LogP contribution in [-0.2, 0) is 29.7 Å². The molecule has 0 spiro atoms. The molecular weight excluding hydrogens is 516 g/mol. The summed E-state index contributed by atoms with van der Waals surface area (Å²) < 4.78 is 14.4. The maximum absolute atomic E-state index is 12.3. The minimum Gasteiger partial charge on any atom is -0.392 e. The molecule has 0 radical (unpaired) electrons. The van der Waals surface area contributed by atoms with Gasteiger partial charge in [-0.05, 0) is 39.2 Å². The Morgan fingerprint density at radius 1 is 1.00 bits per heavy atom. The Bertz CT molecular complexity index is 1350. The molecule has 4 aromatic rings. The molecule has 2 amide bonds. The average molecular weight is 547 g/mol. The molecule has 3 atom stereocenters. The SMILES string of the molecule is Cn1nnnc1SCC1CC(c2ccc(CO)cc2)OC(c2ccc(NC(=O)NCc3ccccc3)cc2)O1. The molecule has 3 N–H and O–H groups in total. The van der Waals surface area contributed by atoms with Crippen LogP contribution in [0.15, 0.2) is 84.0 Å². The first-order chi connectivity index (χ1) is 19.1. The maximum Gasteiger partial charge on any atom is 0.319 e. The van der Waals surface area contributed by atoms with E-state index < -0.39 is 6.29 Å². The summed E-state index contributed by atoms with van der Waals surface area (Å²) in [5.41, 5.74) is 4.40. The number of nitrogens with zero attached hydrogens (tertiary/aromatic N) is 4. The summed E-state index contributed by atoms with van der Waals surface area (Å²) in [6.45, 7) is 0.437. The number of carbonyl (C=O) groups excluding carboxylic acids is 1. The van der Waals surface area contributed by atoms with Crippen molar-refractivity contribution >= 4 is 23.5 Å². The predicted octanol–water partition coefficient (Wildman–Crippen LogP) is 4.36. The molecule has 3 unspecified atom stereocenters. The molecule has 1 fully saturated rings. The molecule has 0 saturated carbocycles. The number of benzene rings is 3. The third-order valence-corrected chi connectivity index (χ3v) is 7.47. The fourth-order valence-corrected chi connectivity index (χ4v) is 5.08. The Morgan fingerprint density at radius 3 is 2.44 bits per heavy atom. The van der Waals surface area contributed by atoms with Gasteiger partial charge in [-0.2, -0.15) is 0 Å². The van der Waals surface area contributed by atoms with Crippen molar-refractivity contribution in [1.82, 2.24) is 25.5 Å². The number of anilines is 1. The van der Waals surface area contributed by atoms with Gasteiger partial charge in [0.15, 0.2) is 6.29 Å². The summed E-state index contributed by atoms with van der Waals surface area (Å²) in [6, 6.07) is 24.7. The molecule has 0 aliphatic carbocycles. The summed E-state index contributed by atoms with van der Waals surface area (Å²) in [5, 5.41) is 27.5. The van der Waals surface area contributed by atoms with Crippen molar-refractivity contribution in [3.63, 3.8) is 0 Å². The van der Waals surface area contributed by atoms with E-state index in [4.69, 9.17) is 9.47 Å². The number of aliphatic hydroxyl groups excluding tert-OH is 1. The summed E-state index contributed by atoms with van der Waals surface area (Å²) in [5.74, 6) is 0.653. The van der Waals surface area contributed by atoms with E-state index in [9.17, 15) is 9.90 Å². The number of nitrogens with one attached hydrogen (secondary N) is 2. The lowest BCUT2D eigenvalue weighted by molar-refractivity contribution is -0.245. The van der Waals surface area contributed by atoms with Crippen LogP contribution >= 0.6 is 11.8 Å². The van der Waals surface area contributed by atoms with Gasteiger partial charge in [0.05, 0.1) is 18.8 Å². The van der Waals surface area contributed by atoms with E-state index in [0.29, 0.717) is 29.6 Å². The van der Waals surface area contributed by atoms with Gasteiger partial charge in [0.25, 0.3) is 0 Å². The lowest BCUT2D eigenvalue weighted by atomic mass is 10.0. The highest BCUT2D eigenvalue weighted by Gasteiger charge is 2.32. The molecular formula is C28H30N6O4S. The number of hydrogen-bond acceptors (Lipinski definition) is 8. The number of thioether (sulfide) groups is 1. The average Bonchev–Trinajstić information content (AvgIpc) is 3.40. The minimum absolute atomic E-state index is 0.00674. The number of hydrogen-bond donors (Lipinski definition) is 3. The van der Waals surface area contributed by atoms with E-state index in [1.54, 1.807) is 11.7 Å². The van der Waals surface area contributed by atoms with Gasteiger partial charge in [0.1, 0.15) is 0 Å². The smallest absolute Gasteiger partial charge is 0.319 e. The zero-order valence-electron chi connectivity index (χ0n) is 21.4. The summed E-state index contributed by atoms with van der Waals surface area (Å²) in [7, 11) is 1.80. The zero-order chi connectivity index (χ0) is 27.0. The number of aromatic nitrogens is 4. The first-order valence-electron chi connectivity index (χ1n) is 12.6. The predicted molar refractivity (Wildman–Crippen MR) is 147 cm³/mol. The minimum atomic E-state index is -0.592. The number of aryl methyl sites for hydroxylation is 1. The largest absolute Gasteiger partial charge is 0.392 e. The Balaban J connectivity index is 1.25. The van der Waals surface area contributed by atoms with Gasteiger partial charge < -0.3 is 25.2 Å². The third-order valence-electron chi connectivity index (χ3n) is 6.33. The number of rotatable bonds is 9. The van der Waals surface area contributed by atoms with Crippen molar-refractivity contribution in [1.29, 1.82) is 0 Å². The van der Waals surface area contributed by atoms with Crippen molar-refractivity contribution in [2.75, 3.05) is 11.1 Å². The molecule has 2 heterocycles. The molecule has 5 rings (SSSR count). The monoisotopic (exact) mass is 546 g/mol. The number of urea groups is 1. The summed E-state index contributed by atoms with van der Waals surface area (Å²) in [4.78, 5) is 12.3. The lowest BCUT2D eigenvalue weighted by Gasteiger charge is -2.36. The summed E-state index contributed by atoms with van der Waals surface area (Å²) >= 11 is 1.53. The third kappa shape index (κ3) is 7.21. The number of carbonyl (C=O) groups is 1. The van der Waals surface area contributed by atoms with E-state index in [2.05, 4.69) is 26.2 Å². The van der Waals surface area contributed by atoms with Gasteiger partial charge >= 0.3 is 6.03 Å². The van der Waals surface area contributed by atoms with Crippen molar-refractivity contribution in [3.05, 3.63) is 101 Å². The van der Waals surface area contributed by atoms with Crippen LogP contribution in [0.4, 0.5) is 10.5 Å². The van der Waals surface area contributed by atoms with Crippen molar-refractivity contribution in [2.45, 2.75) is 43.2 Å². The first-order valence-corrected chi connectivity index (χ1v) is 13.6. The first kappa shape index (κ1) is 26.8. The van der Waals surface area contributed by atoms with Crippen LogP contribution in [0.2, 0.25) is 0 Å². The van der Waals surface area contributed by atoms with Crippen molar-refractivity contribution in [3.8, 4) is 0 Å². The zero-order valence-corrected chi connectivity index (χ0v) is 22.3. The maximum atomic E-state index is 12.3. The van der Waals surface area contributed by atoms with E-state index in [-0.39, 0.29) is 24.8 Å². The van der Waals surface area contributed by atoms with Gasteiger partial charge in [0, 0.05) is 37.0 Å². The van der Waals surface area contributed by atoms with Gasteiger partial charge in [-0.25, -0.2) is 9.48 Å². The molecule has 1 aliphatic rings. The molecule has 11 heteroatoms. The van der Waals surface area contributed by atoms with Crippen LogP contribution in [0.1, 0.15) is 41.1 Å². The van der Waals surface area contributed by atoms with Gasteiger partial charge in [-0.3, -0.25) is 0 Å². The molecule has 1 aliphatic heterocycles. The highest BCUT2D eigenvalue weighted by molar-refractivity contribution is 7.99. The quantitative estimate of drug-likeness (QED) is 0.265. The number of amides is 2. The van der Waals surface area contributed by atoms with Crippen LogP contribution in [-0.4, -0.2) is 43.2 Å². The Kier molecular flexibility index (Phi) is 8.84. The number of tetrazole rings is 1. The molecule has 0 bridgehead atoms. The molecule has 3 aromatic carbocycles. The molecule has 10 nitrogen and oxygen atoms in total. The lowest BCUT2D eigenvalue weighted by Crippen LogP contribution is -2.31.